The van der Waals surface area contributed by atoms with Crippen molar-refractivity contribution in [2.45, 2.75) is 19.8 Å². The first-order valence-corrected chi connectivity index (χ1v) is 12.4. The highest BCUT2D eigenvalue weighted by molar-refractivity contribution is 7.11. The Hall–Kier alpha value is -2.95. The summed E-state index contributed by atoms with van der Waals surface area (Å²) in [5, 5.41) is 3.76. The maximum absolute atomic E-state index is 13.3. The lowest BCUT2D eigenvalue weighted by Crippen LogP contribution is -2.41. The first kappa shape index (κ1) is 22.3. The van der Waals surface area contributed by atoms with Gasteiger partial charge in [0.25, 0.3) is 5.56 Å². The van der Waals surface area contributed by atoms with E-state index in [4.69, 9.17) is 15.2 Å². The molecular formula is C22H20N2O5S3. The Bertz CT molecular complexity index is 1360. The van der Waals surface area contributed by atoms with Gasteiger partial charge < -0.3 is 15.2 Å². The second kappa shape index (κ2) is 9.27. The highest BCUT2D eigenvalue weighted by Gasteiger charge is 2.40. The molecule has 0 saturated heterocycles. The van der Waals surface area contributed by atoms with Crippen molar-refractivity contribution in [2.24, 2.45) is 5.73 Å². The molecule has 0 saturated carbocycles. The normalized spacial score (nSPS) is 16.2. The van der Waals surface area contributed by atoms with Gasteiger partial charge in [-0.2, -0.15) is 0 Å². The maximum Gasteiger partial charge on any atom is 0.338 e. The van der Waals surface area contributed by atoms with Crippen molar-refractivity contribution >= 4 is 63.4 Å². The van der Waals surface area contributed by atoms with Crippen LogP contribution in [0.3, 0.4) is 0 Å². The van der Waals surface area contributed by atoms with Crippen LogP contribution < -0.4 is 20.5 Å². The molecule has 0 bridgehead atoms. The summed E-state index contributed by atoms with van der Waals surface area (Å²) in [6.45, 7) is 3.67. The number of carbonyl (C=O) groups is 2. The minimum Gasteiger partial charge on any atom is -0.463 e. The molecule has 3 aromatic rings. The van der Waals surface area contributed by atoms with Crippen LogP contribution in [0.25, 0.3) is 17.5 Å². The number of nitrogens with two attached hydrogens (primary N) is 1. The SMILES string of the molecule is CCOC(=O)C1=C(N)n2c(sc(=Cc3cccs3)c2=O)=C(C(=O)OCC)[C@@H]1c1cccs1. The van der Waals surface area contributed by atoms with E-state index in [1.807, 2.05) is 35.0 Å². The second-order valence-corrected chi connectivity index (χ2v) is 9.66. The number of thiophene rings is 2. The van der Waals surface area contributed by atoms with Crippen molar-refractivity contribution in [1.82, 2.24) is 4.57 Å². The lowest BCUT2D eigenvalue weighted by molar-refractivity contribution is -0.138. The molecule has 1 atom stereocenters. The summed E-state index contributed by atoms with van der Waals surface area (Å²) in [7, 11) is 0. The third kappa shape index (κ3) is 3.85. The summed E-state index contributed by atoms with van der Waals surface area (Å²) in [5.74, 6) is -2.09. The van der Waals surface area contributed by atoms with Crippen LogP contribution in [-0.4, -0.2) is 29.7 Å². The number of fused-ring (bicyclic) bond motifs is 1. The van der Waals surface area contributed by atoms with Gasteiger partial charge in [-0.15, -0.1) is 34.0 Å². The van der Waals surface area contributed by atoms with E-state index in [0.717, 1.165) is 21.1 Å². The molecule has 0 unspecified atom stereocenters. The van der Waals surface area contributed by atoms with Gasteiger partial charge in [-0.1, -0.05) is 12.1 Å². The molecule has 0 aromatic carbocycles. The Morgan fingerprint density at radius 2 is 1.72 bits per heavy atom. The topological polar surface area (TPSA) is 101 Å². The molecule has 166 valence electrons. The molecule has 4 rings (SSSR count). The van der Waals surface area contributed by atoms with Crippen LogP contribution in [0.5, 0.6) is 0 Å². The highest BCUT2D eigenvalue weighted by atomic mass is 32.1. The summed E-state index contributed by atoms with van der Waals surface area (Å²) in [4.78, 5) is 41.1. The summed E-state index contributed by atoms with van der Waals surface area (Å²) >= 11 is 4.03. The largest absolute Gasteiger partial charge is 0.463 e. The number of nitrogens with zero attached hydrogens (tertiary/aromatic N) is 1. The molecule has 0 aliphatic carbocycles. The Balaban J connectivity index is 2.11. The zero-order chi connectivity index (χ0) is 22.8. The predicted molar refractivity (Wildman–Crippen MR) is 127 cm³/mol. The van der Waals surface area contributed by atoms with Gasteiger partial charge in [0, 0.05) is 9.75 Å². The summed E-state index contributed by atoms with van der Waals surface area (Å²) < 4.78 is 12.6. The zero-order valence-electron chi connectivity index (χ0n) is 17.3. The zero-order valence-corrected chi connectivity index (χ0v) is 19.8. The fraction of sp³-hybridized carbons (Fsp3) is 0.227. The quantitative estimate of drug-likeness (QED) is 0.533. The average molecular weight is 489 g/mol. The molecule has 1 aliphatic heterocycles. The first-order valence-electron chi connectivity index (χ1n) is 9.86. The smallest absolute Gasteiger partial charge is 0.338 e. The Kier molecular flexibility index (Phi) is 6.45. The van der Waals surface area contributed by atoms with Gasteiger partial charge in [-0.05, 0) is 42.8 Å². The minimum absolute atomic E-state index is 0.0306. The maximum atomic E-state index is 13.3. The van der Waals surface area contributed by atoms with Crippen LogP contribution in [0.4, 0.5) is 0 Å². The highest BCUT2D eigenvalue weighted by Crippen LogP contribution is 2.39. The fourth-order valence-electron chi connectivity index (χ4n) is 3.51. The minimum atomic E-state index is -0.791. The summed E-state index contributed by atoms with van der Waals surface area (Å²) in [6.07, 6.45) is 1.75. The number of thiazole rings is 1. The third-order valence-electron chi connectivity index (χ3n) is 4.78. The standard InChI is InChI=1S/C22H20N2O5S3/c1-3-28-21(26)16-15(13-8-6-10-31-13)17(22(27)29-4-2)20-24(18(16)23)19(25)14(32-20)11-12-7-5-9-30-12/h5-11,15H,3-4,23H2,1-2H3/t15-/m1/s1. The first-order chi connectivity index (χ1) is 15.5. The second-order valence-electron chi connectivity index (χ2n) is 6.67. The van der Waals surface area contributed by atoms with Gasteiger partial charge in [-0.25, -0.2) is 9.59 Å². The van der Waals surface area contributed by atoms with E-state index in [9.17, 15) is 14.4 Å². The molecule has 2 N–H and O–H groups in total. The van der Waals surface area contributed by atoms with Crippen LogP contribution >= 0.6 is 34.0 Å². The molecule has 7 nitrogen and oxygen atoms in total. The van der Waals surface area contributed by atoms with Crippen LogP contribution in [-0.2, 0) is 19.1 Å². The van der Waals surface area contributed by atoms with Gasteiger partial charge >= 0.3 is 11.9 Å². The van der Waals surface area contributed by atoms with Gasteiger partial charge in [-0.3, -0.25) is 9.36 Å². The lowest BCUT2D eigenvalue weighted by atomic mass is 9.87. The number of hydrogen-bond acceptors (Lipinski definition) is 9. The number of aromatic nitrogens is 1. The number of esters is 2. The molecule has 4 heterocycles. The molecule has 0 spiro atoms. The van der Waals surface area contributed by atoms with Crippen LogP contribution in [0.15, 0.2) is 45.4 Å². The number of carbonyl (C=O) groups excluding carboxylic acids is 2. The van der Waals surface area contributed by atoms with E-state index in [1.165, 1.54) is 27.2 Å². The lowest BCUT2D eigenvalue weighted by Gasteiger charge is -2.25. The van der Waals surface area contributed by atoms with Gasteiger partial charge in [0.05, 0.1) is 34.8 Å². The molecule has 0 fully saturated rings. The van der Waals surface area contributed by atoms with Gasteiger partial charge in [0.15, 0.2) is 0 Å². The molecule has 0 radical (unpaired) electrons. The van der Waals surface area contributed by atoms with Crippen LogP contribution in [0, 0.1) is 0 Å². The fourth-order valence-corrected chi connectivity index (χ4v) is 6.24. The Morgan fingerprint density at radius 3 is 2.31 bits per heavy atom. The van der Waals surface area contributed by atoms with Gasteiger partial charge in [0.2, 0.25) is 0 Å². The number of rotatable bonds is 6. The molecular weight excluding hydrogens is 468 g/mol. The molecule has 3 aromatic heterocycles. The molecule has 32 heavy (non-hydrogen) atoms. The van der Waals surface area contributed by atoms with Crippen molar-refractivity contribution < 1.29 is 19.1 Å². The predicted octanol–water partition coefficient (Wildman–Crippen LogP) is 2.06. The van der Waals surface area contributed by atoms with E-state index in [2.05, 4.69) is 0 Å². The van der Waals surface area contributed by atoms with E-state index in [0.29, 0.717) is 9.20 Å². The average Bonchev–Trinajstić information content (AvgIpc) is 3.51. The molecule has 0 amide bonds. The summed E-state index contributed by atoms with van der Waals surface area (Å²) in [5.41, 5.74) is 6.29. The Morgan fingerprint density at radius 1 is 1.06 bits per heavy atom. The van der Waals surface area contributed by atoms with Crippen LogP contribution in [0.1, 0.15) is 29.5 Å². The van der Waals surface area contributed by atoms with Crippen LogP contribution in [0.2, 0.25) is 0 Å². The third-order valence-corrected chi connectivity index (χ3v) is 7.65. The van der Waals surface area contributed by atoms with Crippen molar-refractivity contribution in [1.29, 1.82) is 0 Å². The van der Waals surface area contributed by atoms with E-state index in [1.54, 1.807) is 19.9 Å². The van der Waals surface area contributed by atoms with Crippen molar-refractivity contribution in [3.8, 4) is 0 Å². The number of hydrogen-bond donors (Lipinski definition) is 1. The monoisotopic (exact) mass is 488 g/mol. The van der Waals surface area contributed by atoms with E-state index < -0.39 is 23.4 Å². The number of ether oxygens (including phenoxy) is 2. The van der Waals surface area contributed by atoms with E-state index >= 15 is 0 Å². The van der Waals surface area contributed by atoms with Crippen molar-refractivity contribution in [3.63, 3.8) is 0 Å². The van der Waals surface area contributed by atoms with Crippen molar-refractivity contribution in [3.05, 3.63) is 69.9 Å². The van der Waals surface area contributed by atoms with E-state index in [-0.39, 0.29) is 30.2 Å². The Labute approximate surface area is 195 Å². The molecule has 10 heteroatoms. The molecule has 1 aliphatic rings. The van der Waals surface area contributed by atoms with Crippen molar-refractivity contribution in [2.75, 3.05) is 13.2 Å². The summed E-state index contributed by atoms with van der Waals surface area (Å²) in [6, 6.07) is 7.42. The van der Waals surface area contributed by atoms with Gasteiger partial charge in [0.1, 0.15) is 10.5 Å².